The molecule has 3 aromatic rings. The molecule has 0 aromatic carbocycles. The maximum atomic E-state index is 5.74. The van der Waals surface area contributed by atoms with Crippen LogP contribution in [0.4, 0.5) is 0 Å². The molecule has 27 heavy (non-hydrogen) atoms. The van der Waals surface area contributed by atoms with Crippen LogP contribution in [-0.2, 0) is 13.0 Å². The molecule has 0 saturated heterocycles. The third-order valence-corrected chi connectivity index (χ3v) is 5.62. The molecule has 3 aromatic heterocycles. The number of hydrogen-bond acceptors (Lipinski definition) is 4. The Morgan fingerprint density at radius 1 is 1.22 bits per heavy atom. The molecule has 0 spiro atoms. The number of nitrogens with zero attached hydrogens (tertiary/aromatic N) is 4. The third kappa shape index (κ3) is 3.89. The maximum Gasteiger partial charge on any atom is 0.137 e. The van der Waals surface area contributed by atoms with Crippen molar-refractivity contribution in [3.8, 4) is 0 Å². The Morgan fingerprint density at radius 2 is 2.15 bits per heavy atom. The molecular formula is C22H29N5. The van der Waals surface area contributed by atoms with Crippen LogP contribution >= 0.6 is 0 Å². The van der Waals surface area contributed by atoms with Gasteiger partial charge in [0.25, 0.3) is 0 Å². The van der Waals surface area contributed by atoms with Crippen LogP contribution in [0.2, 0.25) is 0 Å². The molecule has 2 N–H and O–H groups in total. The second kappa shape index (κ2) is 8.19. The van der Waals surface area contributed by atoms with E-state index in [1.807, 2.05) is 6.20 Å². The number of imidazole rings is 1. The van der Waals surface area contributed by atoms with E-state index in [9.17, 15) is 0 Å². The van der Waals surface area contributed by atoms with Crippen molar-refractivity contribution in [3.63, 3.8) is 0 Å². The van der Waals surface area contributed by atoms with Crippen molar-refractivity contribution >= 4 is 5.65 Å². The Morgan fingerprint density at radius 3 is 3.00 bits per heavy atom. The average molecular weight is 364 g/mol. The smallest absolute Gasteiger partial charge is 0.137 e. The summed E-state index contributed by atoms with van der Waals surface area (Å²) in [7, 11) is 0. The van der Waals surface area contributed by atoms with Gasteiger partial charge >= 0.3 is 0 Å². The van der Waals surface area contributed by atoms with Crippen LogP contribution in [0, 0.1) is 6.92 Å². The highest BCUT2D eigenvalue weighted by Gasteiger charge is 2.27. The van der Waals surface area contributed by atoms with Gasteiger partial charge in [0, 0.05) is 24.6 Å². The van der Waals surface area contributed by atoms with Crippen LogP contribution < -0.4 is 5.73 Å². The lowest BCUT2D eigenvalue weighted by Crippen LogP contribution is -2.33. The van der Waals surface area contributed by atoms with E-state index in [-0.39, 0.29) is 0 Å². The van der Waals surface area contributed by atoms with E-state index >= 15 is 0 Å². The highest BCUT2D eigenvalue weighted by atomic mass is 15.2. The third-order valence-electron chi connectivity index (χ3n) is 5.62. The van der Waals surface area contributed by atoms with Gasteiger partial charge in [0.15, 0.2) is 0 Å². The Hall–Kier alpha value is -2.24. The molecule has 0 bridgehead atoms. The number of unbranched alkanes of at least 4 members (excludes halogenated alkanes) is 1. The summed E-state index contributed by atoms with van der Waals surface area (Å²) in [6.07, 6.45) is 9.82. The van der Waals surface area contributed by atoms with Crippen LogP contribution in [0.1, 0.15) is 54.4 Å². The molecule has 4 rings (SSSR count). The van der Waals surface area contributed by atoms with E-state index in [4.69, 9.17) is 15.7 Å². The van der Waals surface area contributed by atoms with Crippen LogP contribution in [0.25, 0.3) is 5.65 Å². The van der Waals surface area contributed by atoms with Gasteiger partial charge in [-0.1, -0.05) is 12.1 Å². The summed E-state index contributed by atoms with van der Waals surface area (Å²) in [5, 5.41) is 0. The first kappa shape index (κ1) is 18.1. The second-order valence-corrected chi connectivity index (χ2v) is 7.55. The Bertz CT molecular complexity index is 901. The quantitative estimate of drug-likeness (QED) is 0.651. The summed E-state index contributed by atoms with van der Waals surface area (Å²) >= 11 is 0. The number of pyridine rings is 2. The first-order valence-corrected chi connectivity index (χ1v) is 10.1. The van der Waals surface area contributed by atoms with E-state index in [1.165, 1.54) is 29.8 Å². The second-order valence-electron chi connectivity index (χ2n) is 7.55. The van der Waals surface area contributed by atoms with Crippen LogP contribution in [-0.4, -0.2) is 32.4 Å². The highest BCUT2D eigenvalue weighted by molar-refractivity contribution is 5.41. The average Bonchev–Trinajstić information content (AvgIpc) is 3.11. The fraction of sp³-hybridized carbons (Fsp3) is 0.455. The van der Waals surface area contributed by atoms with Gasteiger partial charge in [-0.05, 0) is 75.9 Å². The van der Waals surface area contributed by atoms with E-state index in [0.29, 0.717) is 6.04 Å². The normalized spacial score (nSPS) is 16.8. The first-order valence-electron chi connectivity index (χ1n) is 10.1. The molecule has 0 radical (unpaired) electrons. The zero-order chi connectivity index (χ0) is 18.6. The number of rotatable bonds is 7. The predicted molar refractivity (Wildman–Crippen MR) is 109 cm³/mol. The maximum absolute atomic E-state index is 5.74. The molecule has 1 aliphatic carbocycles. The van der Waals surface area contributed by atoms with E-state index in [0.717, 1.165) is 50.2 Å². The molecule has 0 fully saturated rings. The molecule has 3 heterocycles. The highest BCUT2D eigenvalue weighted by Crippen LogP contribution is 2.33. The topological polar surface area (TPSA) is 59.5 Å². The molecule has 0 amide bonds. The molecule has 0 saturated carbocycles. The molecule has 0 aliphatic heterocycles. The zero-order valence-electron chi connectivity index (χ0n) is 16.1. The minimum atomic E-state index is 0.374. The van der Waals surface area contributed by atoms with Gasteiger partial charge in [0.05, 0.1) is 17.4 Å². The number of fused-ring (bicyclic) bond motifs is 2. The van der Waals surface area contributed by atoms with Crippen molar-refractivity contribution in [2.24, 2.45) is 5.73 Å². The SMILES string of the molecule is Cc1cccc2nc(CN(CCCCN)C3CCCc4cccnc43)cn12. The van der Waals surface area contributed by atoms with Gasteiger partial charge in [0.2, 0.25) is 0 Å². The summed E-state index contributed by atoms with van der Waals surface area (Å²) in [6.45, 7) is 4.76. The minimum Gasteiger partial charge on any atom is -0.330 e. The van der Waals surface area contributed by atoms with Crippen LogP contribution in [0.15, 0.2) is 42.7 Å². The van der Waals surface area contributed by atoms with Crippen LogP contribution in [0.3, 0.4) is 0 Å². The first-order chi connectivity index (χ1) is 13.3. The monoisotopic (exact) mass is 363 g/mol. The van der Waals surface area contributed by atoms with Crippen molar-refractivity contribution in [3.05, 3.63) is 65.4 Å². The van der Waals surface area contributed by atoms with E-state index in [2.05, 4.69) is 52.8 Å². The number of aryl methyl sites for hydroxylation is 2. The summed E-state index contributed by atoms with van der Waals surface area (Å²) < 4.78 is 2.18. The fourth-order valence-electron chi connectivity index (χ4n) is 4.23. The number of hydrogen-bond donors (Lipinski definition) is 1. The summed E-state index contributed by atoms with van der Waals surface area (Å²) in [5.41, 5.74) is 11.8. The molecular weight excluding hydrogens is 334 g/mol. The molecule has 1 atom stereocenters. The Kier molecular flexibility index (Phi) is 5.50. The lowest BCUT2D eigenvalue weighted by Gasteiger charge is -2.34. The Balaban J connectivity index is 1.62. The molecule has 1 unspecified atom stereocenters. The lowest BCUT2D eigenvalue weighted by atomic mass is 9.90. The summed E-state index contributed by atoms with van der Waals surface area (Å²) in [5.74, 6) is 0. The van der Waals surface area contributed by atoms with Crippen molar-refractivity contribution < 1.29 is 0 Å². The van der Waals surface area contributed by atoms with E-state index in [1.54, 1.807) is 0 Å². The Labute approximate surface area is 161 Å². The molecule has 5 heteroatoms. The predicted octanol–water partition coefficient (Wildman–Crippen LogP) is 3.66. The van der Waals surface area contributed by atoms with Gasteiger partial charge in [-0.3, -0.25) is 9.88 Å². The van der Waals surface area contributed by atoms with Gasteiger partial charge < -0.3 is 10.1 Å². The van der Waals surface area contributed by atoms with Crippen molar-refractivity contribution in [1.82, 2.24) is 19.3 Å². The standard InChI is InChI=1S/C22H29N5/c1-17-7-4-11-21-25-19(16-27(17)21)15-26(14-3-2-12-23)20-10-5-8-18-9-6-13-24-22(18)20/h4,6-7,9,11,13,16,20H,2-3,5,8,10,12,14-15,23H2,1H3. The number of nitrogens with two attached hydrogens (primary N) is 1. The largest absolute Gasteiger partial charge is 0.330 e. The fourth-order valence-corrected chi connectivity index (χ4v) is 4.23. The molecule has 5 nitrogen and oxygen atoms in total. The number of aromatic nitrogens is 3. The molecule has 1 aliphatic rings. The van der Waals surface area contributed by atoms with Crippen LogP contribution in [0.5, 0.6) is 0 Å². The van der Waals surface area contributed by atoms with Crippen molar-refractivity contribution in [1.29, 1.82) is 0 Å². The van der Waals surface area contributed by atoms with Crippen molar-refractivity contribution in [2.75, 3.05) is 13.1 Å². The minimum absolute atomic E-state index is 0.374. The van der Waals surface area contributed by atoms with Gasteiger partial charge in [-0.15, -0.1) is 0 Å². The lowest BCUT2D eigenvalue weighted by molar-refractivity contribution is 0.161. The van der Waals surface area contributed by atoms with Gasteiger partial charge in [-0.25, -0.2) is 4.98 Å². The summed E-state index contributed by atoms with van der Waals surface area (Å²) in [6, 6.07) is 10.9. The van der Waals surface area contributed by atoms with Gasteiger partial charge in [0.1, 0.15) is 5.65 Å². The van der Waals surface area contributed by atoms with E-state index < -0.39 is 0 Å². The summed E-state index contributed by atoms with van der Waals surface area (Å²) in [4.78, 5) is 12.2. The zero-order valence-corrected chi connectivity index (χ0v) is 16.1. The van der Waals surface area contributed by atoms with Crippen molar-refractivity contribution in [2.45, 2.75) is 51.6 Å². The molecule has 142 valence electrons. The van der Waals surface area contributed by atoms with Gasteiger partial charge in [-0.2, -0.15) is 0 Å².